The predicted molar refractivity (Wildman–Crippen MR) is 97.9 cm³/mol. The van der Waals surface area contributed by atoms with Crippen molar-refractivity contribution < 1.29 is 4.79 Å². The molecular formula is C20H27N3O. The highest BCUT2D eigenvalue weighted by atomic mass is 16.2. The van der Waals surface area contributed by atoms with Gasteiger partial charge in [0.1, 0.15) is 0 Å². The highest BCUT2D eigenvalue weighted by molar-refractivity contribution is 5.94. The number of piperazine rings is 1. The zero-order valence-corrected chi connectivity index (χ0v) is 15.1. The predicted octanol–water partition coefficient (Wildman–Crippen LogP) is 3.26. The molecule has 24 heavy (non-hydrogen) atoms. The van der Waals surface area contributed by atoms with Gasteiger partial charge in [-0.1, -0.05) is 0 Å². The molecule has 0 atom stereocenters. The summed E-state index contributed by atoms with van der Waals surface area (Å²) in [5.41, 5.74) is 4.29. The SMILES string of the molecule is Cc1ccc(C)n1-c1ccc(C(=O)N2CCN(C(C)C)CC2)cc1. The molecule has 0 aliphatic carbocycles. The van der Waals surface area contributed by atoms with Gasteiger partial charge in [0.25, 0.3) is 5.91 Å². The van der Waals surface area contributed by atoms with Crippen molar-refractivity contribution in [3.63, 3.8) is 0 Å². The summed E-state index contributed by atoms with van der Waals surface area (Å²) >= 11 is 0. The number of hydrogen-bond donors (Lipinski definition) is 0. The van der Waals surface area contributed by atoms with Gasteiger partial charge >= 0.3 is 0 Å². The van der Waals surface area contributed by atoms with E-state index in [0.29, 0.717) is 6.04 Å². The third-order valence-electron chi connectivity index (χ3n) is 4.98. The second kappa shape index (κ2) is 6.81. The number of rotatable bonds is 3. The molecule has 0 radical (unpaired) electrons. The molecule has 1 aromatic heterocycles. The first-order valence-electron chi connectivity index (χ1n) is 8.76. The van der Waals surface area contributed by atoms with E-state index in [0.717, 1.165) is 37.4 Å². The van der Waals surface area contributed by atoms with Crippen LogP contribution in [0.4, 0.5) is 0 Å². The van der Waals surface area contributed by atoms with Crippen LogP contribution < -0.4 is 0 Å². The molecule has 0 saturated carbocycles. The van der Waals surface area contributed by atoms with Crippen molar-refractivity contribution in [3.05, 3.63) is 53.3 Å². The van der Waals surface area contributed by atoms with Gasteiger partial charge in [-0.25, -0.2) is 0 Å². The third kappa shape index (κ3) is 3.24. The van der Waals surface area contributed by atoms with Crippen molar-refractivity contribution in [3.8, 4) is 5.69 Å². The van der Waals surface area contributed by atoms with Gasteiger partial charge in [0.2, 0.25) is 0 Å². The molecule has 1 saturated heterocycles. The maximum absolute atomic E-state index is 12.7. The van der Waals surface area contributed by atoms with E-state index in [1.807, 2.05) is 29.2 Å². The van der Waals surface area contributed by atoms with Crippen LogP contribution >= 0.6 is 0 Å². The highest BCUT2D eigenvalue weighted by Gasteiger charge is 2.23. The largest absolute Gasteiger partial charge is 0.336 e. The number of hydrogen-bond acceptors (Lipinski definition) is 2. The van der Waals surface area contributed by atoms with Crippen LogP contribution in [0, 0.1) is 13.8 Å². The Labute approximate surface area is 144 Å². The van der Waals surface area contributed by atoms with E-state index >= 15 is 0 Å². The second-order valence-electron chi connectivity index (χ2n) is 6.92. The summed E-state index contributed by atoms with van der Waals surface area (Å²) in [6, 6.07) is 12.8. The Morgan fingerprint density at radius 2 is 1.42 bits per heavy atom. The van der Waals surface area contributed by atoms with Gasteiger partial charge in [-0.2, -0.15) is 0 Å². The quantitative estimate of drug-likeness (QED) is 0.866. The van der Waals surface area contributed by atoms with E-state index < -0.39 is 0 Å². The van der Waals surface area contributed by atoms with Gasteiger partial charge in [-0.3, -0.25) is 9.69 Å². The number of amides is 1. The Morgan fingerprint density at radius 3 is 1.92 bits per heavy atom. The highest BCUT2D eigenvalue weighted by Crippen LogP contribution is 2.18. The Bertz CT molecular complexity index is 687. The minimum atomic E-state index is 0.144. The first kappa shape index (κ1) is 16.8. The van der Waals surface area contributed by atoms with Crippen LogP contribution in [0.15, 0.2) is 36.4 Å². The fourth-order valence-corrected chi connectivity index (χ4v) is 3.45. The van der Waals surface area contributed by atoms with Crippen LogP contribution in [-0.2, 0) is 0 Å². The van der Waals surface area contributed by atoms with E-state index in [2.05, 4.69) is 49.3 Å². The lowest BCUT2D eigenvalue weighted by Gasteiger charge is -2.37. The zero-order chi connectivity index (χ0) is 17.3. The Hall–Kier alpha value is -2.07. The van der Waals surface area contributed by atoms with Gasteiger partial charge in [-0.15, -0.1) is 0 Å². The molecule has 128 valence electrons. The molecule has 4 nitrogen and oxygen atoms in total. The lowest BCUT2D eigenvalue weighted by molar-refractivity contribution is 0.0595. The number of nitrogens with zero attached hydrogens (tertiary/aromatic N) is 3. The minimum Gasteiger partial charge on any atom is -0.336 e. The van der Waals surface area contributed by atoms with Crippen molar-refractivity contribution in [2.45, 2.75) is 33.7 Å². The van der Waals surface area contributed by atoms with Gasteiger partial charge < -0.3 is 9.47 Å². The molecule has 1 aliphatic rings. The molecule has 1 amide bonds. The lowest BCUT2D eigenvalue weighted by Crippen LogP contribution is -2.50. The monoisotopic (exact) mass is 325 g/mol. The first-order chi connectivity index (χ1) is 11.5. The second-order valence-corrected chi connectivity index (χ2v) is 6.92. The smallest absolute Gasteiger partial charge is 0.253 e. The summed E-state index contributed by atoms with van der Waals surface area (Å²) in [4.78, 5) is 17.1. The fourth-order valence-electron chi connectivity index (χ4n) is 3.45. The van der Waals surface area contributed by atoms with Crippen LogP contribution in [0.1, 0.15) is 35.6 Å². The van der Waals surface area contributed by atoms with Crippen LogP contribution in [0.5, 0.6) is 0 Å². The molecule has 4 heteroatoms. The number of benzene rings is 1. The molecule has 0 spiro atoms. The molecule has 0 unspecified atom stereocenters. The Morgan fingerprint density at radius 1 is 0.875 bits per heavy atom. The molecule has 2 aromatic rings. The van der Waals surface area contributed by atoms with Crippen molar-refractivity contribution >= 4 is 5.91 Å². The minimum absolute atomic E-state index is 0.144. The van der Waals surface area contributed by atoms with Gasteiger partial charge in [0.15, 0.2) is 0 Å². The lowest BCUT2D eigenvalue weighted by atomic mass is 10.1. The van der Waals surface area contributed by atoms with Crippen molar-refractivity contribution in [1.29, 1.82) is 0 Å². The molecule has 0 N–H and O–H groups in total. The van der Waals surface area contributed by atoms with Crippen molar-refractivity contribution in [2.75, 3.05) is 26.2 Å². The summed E-state index contributed by atoms with van der Waals surface area (Å²) in [6.07, 6.45) is 0. The zero-order valence-electron chi connectivity index (χ0n) is 15.1. The normalized spacial score (nSPS) is 16.0. The van der Waals surface area contributed by atoms with Crippen molar-refractivity contribution in [2.24, 2.45) is 0 Å². The maximum Gasteiger partial charge on any atom is 0.253 e. The van der Waals surface area contributed by atoms with E-state index in [1.165, 1.54) is 11.4 Å². The van der Waals surface area contributed by atoms with E-state index in [4.69, 9.17) is 0 Å². The number of aromatic nitrogens is 1. The van der Waals surface area contributed by atoms with Gasteiger partial charge in [-0.05, 0) is 64.1 Å². The molecule has 2 heterocycles. The summed E-state index contributed by atoms with van der Waals surface area (Å²) in [6.45, 7) is 12.2. The van der Waals surface area contributed by atoms with Crippen LogP contribution in [-0.4, -0.2) is 52.5 Å². The maximum atomic E-state index is 12.7. The summed E-state index contributed by atoms with van der Waals surface area (Å²) in [7, 11) is 0. The standard InChI is InChI=1S/C20H27N3O/c1-15(2)21-11-13-22(14-12-21)20(24)18-7-9-19(10-8-18)23-16(3)5-6-17(23)4/h5-10,15H,11-14H2,1-4H3. The van der Waals surface area contributed by atoms with E-state index in [1.54, 1.807) is 0 Å². The summed E-state index contributed by atoms with van der Waals surface area (Å²) in [5, 5.41) is 0. The summed E-state index contributed by atoms with van der Waals surface area (Å²) < 4.78 is 2.20. The van der Waals surface area contributed by atoms with Crippen LogP contribution in [0.25, 0.3) is 5.69 Å². The summed E-state index contributed by atoms with van der Waals surface area (Å²) in [5.74, 6) is 0.144. The average molecular weight is 325 g/mol. The topological polar surface area (TPSA) is 28.5 Å². The number of aryl methyl sites for hydroxylation is 2. The van der Waals surface area contributed by atoms with Gasteiger partial charge in [0, 0.05) is 54.9 Å². The van der Waals surface area contributed by atoms with Crippen molar-refractivity contribution in [1.82, 2.24) is 14.4 Å². The first-order valence-corrected chi connectivity index (χ1v) is 8.76. The van der Waals surface area contributed by atoms with E-state index in [-0.39, 0.29) is 5.91 Å². The van der Waals surface area contributed by atoms with Crippen LogP contribution in [0.2, 0.25) is 0 Å². The number of carbonyl (C=O) groups is 1. The molecular weight excluding hydrogens is 298 g/mol. The molecule has 0 bridgehead atoms. The molecule has 1 fully saturated rings. The Balaban J connectivity index is 1.71. The fraction of sp³-hybridized carbons (Fsp3) is 0.450. The van der Waals surface area contributed by atoms with Gasteiger partial charge in [0.05, 0.1) is 0 Å². The van der Waals surface area contributed by atoms with Crippen LogP contribution in [0.3, 0.4) is 0 Å². The average Bonchev–Trinajstić information content (AvgIpc) is 2.93. The third-order valence-corrected chi connectivity index (χ3v) is 4.98. The molecule has 1 aromatic carbocycles. The van der Waals surface area contributed by atoms with E-state index in [9.17, 15) is 4.79 Å². The molecule has 1 aliphatic heterocycles. The number of carbonyl (C=O) groups excluding carboxylic acids is 1. The molecule has 3 rings (SSSR count). The Kier molecular flexibility index (Phi) is 4.76.